The molecule has 0 saturated carbocycles. The van der Waals surface area contributed by atoms with E-state index in [1.165, 1.54) is 6.07 Å². The van der Waals surface area contributed by atoms with Crippen molar-refractivity contribution in [1.82, 2.24) is 0 Å². The van der Waals surface area contributed by atoms with Gasteiger partial charge in [0.15, 0.2) is 0 Å². The summed E-state index contributed by atoms with van der Waals surface area (Å²) < 4.78 is 14.7. The number of nitrogens with two attached hydrogens (primary N) is 1. The van der Waals surface area contributed by atoms with Crippen LogP contribution in [-0.4, -0.2) is 4.99 Å². The van der Waals surface area contributed by atoms with Crippen LogP contribution in [0.5, 0.6) is 0 Å². The Morgan fingerprint density at radius 1 is 1.21 bits per heavy atom. The fourth-order valence-corrected chi connectivity index (χ4v) is 2.54. The third-order valence-electron chi connectivity index (χ3n) is 2.57. The van der Waals surface area contributed by atoms with E-state index in [1.807, 2.05) is 25.1 Å². The number of halogens is 2. The molecule has 0 aliphatic heterocycles. The molecule has 19 heavy (non-hydrogen) atoms. The normalized spacial score (nSPS) is 10.3. The van der Waals surface area contributed by atoms with Gasteiger partial charge in [-0.05, 0) is 48.9 Å². The van der Waals surface area contributed by atoms with Crippen molar-refractivity contribution < 1.29 is 4.39 Å². The second kappa shape index (κ2) is 5.67. The number of rotatable bonds is 3. The number of thiocarbonyl (C=S) groups is 1. The summed E-state index contributed by atoms with van der Waals surface area (Å²) >= 11 is 8.19. The first kappa shape index (κ1) is 14.0. The van der Waals surface area contributed by atoms with Gasteiger partial charge in [0.1, 0.15) is 10.8 Å². The molecular weight excluding hydrogens is 327 g/mol. The van der Waals surface area contributed by atoms with E-state index in [4.69, 9.17) is 18.0 Å². The summed E-state index contributed by atoms with van der Waals surface area (Å²) in [5, 5.41) is 3.14. The average molecular weight is 339 g/mol. The Hall–Kier alpha value is -1.46. The van der Waals surface area contributed by atoms with Crippen LogP contribution in [-0.2, 0) is 0 Å². The summed E-state index contributed by atoms with van der Waals surface area (Å²) in [7, 11) is 0. The van der Waals surface area contributed by atoms with Crippen LogP contribution in [0.3, 0.4) is 0 Å². The first-order valence-corrected chi connectivity index (χ1v) is 6.79. The van der Waals surface area contributed by atoms with Crippen molar-refractivity contribution in [2.24, 2.45) is 5.73 Å². The number of anilines is 2. The molecule has 0 radical (unpaired) electrons. The van der Waals surface area contributed by atoms with E-state index in [2.05, 4.69) is 21.2 Å². The molecular formula is C14H12BrFN2S. The van der Waals surface area contributed by atoms with Gasteiger partial charge in [-0.15, -0.1) is 0 Å². The SMILES string of the molecule is Cc1cc(Br)cc(Nc2ccc(C(N)=S)c(F)c2)c1. The van der Waals surface area contributed by atoms with Crippen molar-refractivity contribution in [1.29, 1.82) is 0 Å². The molecule has 2 nitrogen and oxygen atoms in total. The Labute approximate surface area is 124 Å². The predicted molar refractivity (Wildman–Crippen MR) is 84.4 cm³/mol. The Morgan fingerprint density at radius 3 is 2.53 bits per heavy atom. The first-order valence-electron chi connectivity index (χ1n) is 5.59. The van der Waals surface area contributed by atoms with Crippen LogP contribution in [0.15, 0.2) is 40.9 Å². The lowest BCUT2D eigenvalue weighted by molar-refractivity contribution is 0.626. The molecule has 5 heteroatoms. The highest BCUT2D eigenvalue weighted by Gasteiger charge is 2.06. The van der Waals surface area contributed by atoms with Gasteiger partial charge in [-0.3, -0.25) is 0 Å². The monoisotopic (exact) mass is 338 g/mol. The zero-order valence-electron chi connectivity index (χ0n) is 10.2. The quantitative estimate of drug-likeness (QED) is 0.820. The van der Waals surface area contributed by atoms with E-state index in [1.54, 1.807) is 12.1 Å². The summed E-state index contributed by atoms with van der Waals surface area (Å²) in [5.74, 6) is -0.427. The van der Waals surface area contributed by atoms with Crippen LogP contribution in [0.25, 0.3) is 0 Å². The van der Waals surface area contributed by atoms with E-state index in [9.17, 15) is 4.39 Å². The zero-order chi connectivity index (χ0) is 14.0. The third-order valence-corrected chi connectivity index (χ3v) is 3.24. The minimum absolute atomic E-state index is 0.0577. The van der Waals surface area contributed by atoms with Crippen LogP contribution in [0.1, 0.15) is 11.1 Å². The molecule has 2 rings (SSSR count). The summed E-state index contributed by atoms with van der Waals surface area (Å²) in [6.45, 7) is 1.99. The van der Waals surface area contributed by atoms with Crippen molar-refractivity contribution in [3.63, 3.8) is 0 Å². The number of aryl methyl sites for hydroxylation is 1. The Kier molecular flexibility index (Phi) is 4.17. The lowest BCUT2D eigenvalue weighted by Gasteiger charge is -2.09. The van der Waals surface area contributed by atoms with Gasteiger partial charge in [-0.1, -0.05) is 28.1 Å². The van der Waals surface area contributed by atoms with E-state index < -0.39 is 5.82 Å². The third kappa shape index (κ3) is 3.52. The van der Waals surface area contributed by atoms with Crippen LogP contribution in [0.4, 0.5) is 15.8 Å². The maximum absolute atomic E-state index is 13.7. The fraction of sp³-hybridized carbons (Fsp3) is 0.0714. The fourth-order valence-electron chi connectivity index (χ4n) is 1.77. The molecule has 98 valence electrons. The van der Waals surface area contributed by atoms with Gasteiger partial charge in [-0.2, -0.15) is 0 Å². The van der Waals surface area contributed by atoms with Gasteiger partial charge in [0.05, 0.1) is 0 Å². The van der Waals surface area contributed by atoms with Gasteiger partial charge in [0.2, 0.25) is 0 Å². The van der Waals surface area contributed by atoms with Crippen molar-refractivity contribution in [3.8, 4) is 0 Å². The van der Waals surface area contributed by atoms with Crippen LogP contribution < -0.4 is 11.1 Å². The summed E-state index contributed by atoms with van der Waals surface area (Å²) in [6.07, 6.45) is 0. The molecule has 0 aliphatic rings. The molecule has 2 aromatic rings. The van der Waals surface area contributed by atoms with Crippen LogP contribution >= 0.6 is 28.1 Å². The summed E-state index contributed by atoms with van der Waals surface area (Å²) in [6, 6.07) is 10.6. The average Bonchev–Trinajstić information content (AvgIpc) is 2.26. The molecule has 0 saturated heterocycles. The lowest BCUT2D eigenvalue weighted by atomic mass is 10.1. The number of nitrogens with one attached hydrogen (secondary N) is 1. The van der Waals surface area contributed by atoms with Crippen LogP contribution in [0.2, 0.25) is 0 Å². The Morgan fingerprint density at radius 2 is 1.95 bits per heavy atom. The minimum atomic E-state index is -0.427. The zero-order valence-corrected chi connectivity index (χ0v) is 12.6. The molecule has 0 atom stereocenters. The highest BCUT2D eigenvalue weighted by Crippen LogP contribution is 2.24. The Balaban J connectivity index is 2.28. The van der Waals surface area contributed by atoms with E-state index in [-0.39, 0.29) is 10.6 Å². The molecule has 0 unspecified atom stereocenters. The van der Waals surface area contributed by atoms with Gasteiger partial charge in [-0.25, -0.2) is 4.39 Å². The number of benzene rings is 2. The van der Waals surface area contributed by atoms with Gasteiger partial charge in [0.25, 0.3) is 0 Å². The van der Waals surface area contributed by atoms with Gasteiger partial charge >= 0.3 is 0 Å². The molecule has 0 aromatic heterocycles. The molecule has 0 aliphatic carbocycles. The minimum Gasteiger partial charge on any atom is -0.389 e. The standard InChI is InChI=1S/C14H12BrFN2S/c1-8-4-9(15)6-11(5-8)18-10-2-3-12(14(17)19)13(16)7-10/h2-7,18H,1H3,(H2,17,19). The van der Waals surface area contributed by atoms with E-state index >= 15 is 0 Å². The van der Waals surface area contributed by atoms with E-state index in [0.717, 1.165) is 15.7 Å². The van der Waals surface area contributed by atoms with Gasteiger partial charge in [0, 0.05) is 21.4 Å². The maximum atomic E-state index is 13.7. The highest BCUT2D eigenvalue weighted by atomic mass is 79.9. The molecule has 0 amide bonds. The van der Waals surface area contributed by atoms with Crippen molar-refractivity contribution in [2.75, 3.05) is 5.32 Å². The summed E-state index contributed by atoms with van der Waals surface area (Å²) in [4.78, 5) is 0.0577. The maximum Gasteiger partial charge on any atom is 0.135 e. The smallest absolute Gasteiger partial charge is 0.135 e. The van der Waals surface area contributed by atoms with Crippen molar-refractivity contribution >= 4 is 44.5 Å². The number of hydrogen-bond donors (Lipinski definition) is 2. The molecule has 0 bridgehead atoms. The van der Waals surface area contributed by atoms with Crippen molar-refractivity contribution in [2.45, 2.75) is 6.92 Å². The molecule has 2 aromatic carbocycles. The van der Waals surface area contributed by atoms with Gasteiger partial charge < -0.3 is 11.1 Å². The lowest BCUT2D eigenvalue weighted by Crippen LogP contribution is -2.11. The Bertz CT molecular complexity index is 623. The largest absolute Gasteiger partial charge is 0.389 e. The molecule has 0 spiro atoms. The second-order valence-corrected chi connectivity index (χ2v) is 5.56. The number of hydrogen-bond acceptors (Lipinski definition) is 2. The van der Waals surface area contributed by atoms with E-state index in [0.29, 0.717) is 5.69 Å². The molecule has 0 fully saturated rings. The van der Waals surface area contributed by atoms with Crippen LogP contribution in [0, 0.1) is 12.7 Å². The summed E-state index contributed by atoms with van der Waals surface area (Å²) in [5.41, 5.74) is 8.32. The topological polar surface area (TPSA) is 38.0 Å². The molecule has 3 N–H and O–H groups in total. The molecule has 0 heterocycles. The highest BCUT2D eigenvalue weighted by molar-refractivity contribution is 9.10. The first-order chi connectivity index (χ1) is 8.95. The van der Waals surface area contributed by atoms with Crippen molar-refractivity contribution in [3.05, 3.63) is 57.8 Å². The predicted octanol–water partition coefficient (Wildman–Crippen LogP) is 4.27. The second-order valence-electron chi connectivity index (χ2n) is 4.20.